The van der Waals surface area contributed by atoms with Crippen molar-refractivity contribution in [3.8, 4) is 0 Å². The van der Waals surface area contributed by atoms with Crippen LogP contribution in [0.5, 0.6) is 0 Å². The number of hydrogen-bond donors (Lipinski definition) is 4. The Kier molecular flexibility index (Phi) is 2.87. The Morgan fingerprint density at radius 2 is 2.20 bits per heavy atom. The summed E-state index contributed by atoms with van der Waals surface area (Å²) in [6.07, 6.45) is -0.382. The van der Waals surface area contributed by atoms with Crippen LogP contribution in [0, 0.1) is 0 Å². The molecule has 0 aromatic carbocycles. The summed E-state index contributed by atoms with van der Waals surface area (Å²) in [6.45, 7) is 0.991. The number of fused-ring (bicyclic) bond motifs is 1. The van der Waals surface area contributed by atoms with Gasteiger partial charge in [-0.2, -0.15) is 0 Å². The Bertz CT molecular complexity index is 643. The summed E-state index contributed by atoms with van der Waals surface area (Å²) >= 11 is 0. The molecule has 1 fully saturated rings. The van der Waals surface area contributed by atoms with Gasteiger partial charge in [0.15, 0.2) is 17.7 Å². The van der Waals surface area contributed by atoms with Gasteiger partial charge >= 0.3 is 0 Å². The Labute approximate surface area is 113 Å². The molecular weight excluding hydrogens is 266 g/mol. The molecule has 3 rings (SSSR count). The van der Waals surface area contributed by atoms with Crippen LogP contribution in [0.2, 0.25) is 0 Å². The lowest BCUT2D eigenvalue weighted by molar-refractivity contribution is -0.0804. The second-order valence-corrected chi connectivity index (χ2v) is 4.95. The highest BCUT2D eigenvalue weighted by Crippen LogP contribution is 2.37. The second kappa shape index (κ2) is 4.35. The lowest BCUT2D eigenvalue weighted by atomic mass is 9.95. The lowest BCUT2D eigenvalue weighted by Crippen LogP contribution is -2.46. The van der Waals surface area contributed by atoms with Gasteiger partial charge in [0.25, 0.3) is 0 Å². The third-order valence-corrected chi connectivity index (χ3v) is 3.65. The van der Waals surface area contributed by atoms with Crippen molar-refractivity contribution >= 4 is 17.0 Å². The fourth-order valence-corrected chi connectivity index (χ4v) is 2.36. The molecule has 1 saturated heterocycles. The van der Waals surface area contributed by atoms with E-state index in [0.29, 0.717) is 11.2 Å². The number of nitrogens with zero attached hydrogens (tertiary/aromatic N) is 4. The fraction of sp³-hybridized carbons (Fsp3) is 0.545. The molecule has 108 valence electrons. The first kappa shape index (κ1) is 13.2. The van der Waals surface area contributed by atoms with Crippen LogP contribution in [-0.4, -0.2) is 59.3 Å². The van der Waals surface area contributed by atoms with E-state index in [2.05, 4.69) is 15.0 Å². The minimum absolute atomic E-state index is 0.215. The molecule has 0 aliphatic carbocycles. The zero-order valence-corrected chi connectivity index (χ0v) is 10.7. The van der Waals surface area contributed by atoms with Crippen LogP contribution in [0.4, 0.5) is 5.82 Å². The highest BCUT2D eigenvalue weighted by atomic mass is 16.6. The highest BCUT2D eigenvalue weighted by molar-refractivity contribution is 5.81. The molecule has 4 atom stereocenters. The number of aromatic nitrogens is 4. The molecule has 9 heteroatoms. The van der Waals surface area contributed by atoms with Gasteiger partial charge in [0.1, 0.15) is 29.7 Å². The molecule has 2 aromatic heterocycles. The van der Waals surface area contributed by atoms with Crippen molar-refractivity contribution in [2.24, 2.45) is 0 Å². The maximum atomic E-state index is 10.2. The van der Waals surface area contributed by atoms with Crippen LogP contribution in [0.25, 0.3) is 11.2 Å². The zero-order valence-electron chi connectivity index (χ0n) is 10.7. The maximum absolute atomic E-state index is 10.2. The van der Waals surface area contributed by atoms with E-state index in [9.17, 15) is 15.3 Å². The summed E-state index contributed by atoms with van der Waals surface area (Å²) < 4.78 is 6.96. The number of nitrogen functional groups attached to an aromatic ring is 1. The molecule has 0 unspecified atom stereocenters. The summed E-state index contributed by atoms with van der Waals surface area (Å²) in [5.74, 6) is 0.215. The van der Waals surface area contributed by atoms with Crippen molar-refractivity contribution in [3.05, 3.63) is 12.7 Å². The predicted molar refractivity (Wildman–Crippen MR) is 67.4 cm³/mol. The van der Waals surface area contributed by atoms with Crippen LogP contribution in [0.15, 0.2) is 12.7 Å². The fourth-order valence-electron chi connectivity index (χ4n) is 2.36. The minimum Gasteiger partial charge on any atom is -0.394 e. The maximum Gasteiger partial charge on any atom is 0.167 e. The number of aliphatic hydroxyl groups is 3. The van der Waals surface area contributed by atoms with E-state index in [1.165, 1.54) is 24.1 Å². The van der Waals surface area contributed by atoms with Crippen molar-refractivity contribution in [1.29, 1.82) is 0 Å². The number of nitrogens with two attached hydrogens (primary N) is 1. The standard InChI is InChI=1S/C11H15N5O4/c1-11(19)5(2-17)20-10(7(11)18)16-4-15-6-8(12)13-3-14-9(6)16/h3-5,7,10,17-19H,2H2,1H3,(H2,12,13,14)/t5-,7-,10-,11-/m1/s1. The van der Waals surface area contributed by atoms with Gasteiger partial charge in [-0.25, -0.2) is 15.0 Å². The van der Waals surface area contributed by atoms with E-state index < -0.39 is 30.6 Å². The highest BCUT2D eigenvalue weighted by Gasteiger charge is 2.52. The lowest BCUT2D eigenvalue weighted by Gasteiger charge is -2.25. The summed E-state index contributed by atoms with van der Waals surface area (Å²) in [6, 6.07) is 0. The van der Waals surface area contributed by atoms with Gasteiger partial charge in [0, 0.05) is 0 Å². The summed E-state index contributed by atoms with van der Waals surface area (Å²) in [5.41, 5.74) is 4.88. The average Bonchev–Trinajstić information content (AvgIpc) is 2.92. The van der Waals surface area contributed by atoms with Gasteiger partial charge in [-0.3, -0.25) is 4.57 Å². The van der Waals surface area contributed by atoms with E-state index in [0.717, 1.165) is 0 Å². The van der Waals surface area contributed by atoms with Gasteiger partial charge in [-0.1, -0.05) is 0 Å². The largest absolute Gasteiger partial charge is 0.394 e. The normalized spacial score (nSPS) is 33.9. The van der Waals surface area contributed by atoms with Gasteiger partial charge in [0.05, 0.1) is 12.9 Å². The summed E-state index contributed by atoms with van der Waals surface area (Å²) in [7, 11) is 0. The summed E-state index contributed by atoms with van der Waals surface area (Å²) in [4.78, 5) is 12.0. The van der Waals surface area contributed by atoms with Crippen molar-refractivity contribution in [2.45, 2.75) is 31.0 Å². The van der Waals surface area contributed by atoms with Crippen molar-refractivity contribution in [1.82, 2.24) is 19.5 Å². The quantitative estimate of drug-likeness (QED) is 0.516. The summed E-state index contributed by atoms with van der Waals surface area (Å²) in [5, 5.41) is 29.6. The molecular formula is C11H15N5O4. The van der Waals surface area contributed by atoms with Crippen molar-refractivity contribution < 1.29 is 20.1 Å². The van der Waals surface area contributed by atoms with E-state index in [-0.39, 0.29) is 5.82 Å². The van der Waals surface area contributed by atoms with Crippen LogP contribution in [0.3, 0.4) is 0 Å². The molecule has 20 heavy (non-hydrogen) atoms. The SMILES string of the molecule is C[C@]1(O)[C@H](O)[C@H](n2cnc3c(N)ncnc32)O[C@@H]1CO. The zero-order chi connectivity index (χ0) is 14.5. The molecule has 0 saturated carbocycles. The first-order valence-electron chi connectivity index (χ1n) is 6.06. The van der Waals surface area contributed by atoms with Crippen LogP contribution >= 0.6 is 0 Å². The monoisotopic (exact) mass is 281 g/mol. The Balaban J connectivity index is 2.06. The van der Waals surface area contributed by atoms with Gasteiger partial charge in [-0.15, -0.1) is 0 Å². The number of aliphatic hydroxyl groups excluding tert-OH is 2. The third-order valence-electron chi connectivity index (χ3n) is 3.65. The number of hydrogen-bond acceptors (Lipinski definition) is 8. The molecule has 0 bridgehead atoms. The second-order valence-electron chi connectivity index (χ2n) is 4.95. The Morgan fingerprint density at radius 1 is 1.45 bits per heavy atom. The number of imidazole rings is 1. The Morgan fingerprint density at radius 3 is 2.85 bits per heavy atom. The molecule has 9 nitrogen and oxygen atoms in total. The third kappa shape index (κ3) is 1.68. The molecule has 2 aromatic rings. The van der Waals surface area contributed by atoms with Crippen molar-refractivity contribution in [3.63, 3.8) is 0 Å². The molecule has 1 aliphatic rings. The molecule has 1 aliphatic heterocycles. The molecule has 0 radical (unpaired) electrons. The van der Waals surface area contributed by atoms with E-state index in [1.807, 2.05) is 0 Å². The smallest absolute Gasteiger partial charge is 0.167 e. The van der Waals surface area contributed by atoms with Gasteiger partial charge < -0.3 is 25.8 Å². The molecule has 5 N–H and O–H groups in total. The first-order chi connectivity index (χ1) is 9.46. The molecule has 0 amide bonds. The van der Waals surface area contributed by atoms with Crippen LogP contribution in [0.1, 0.15) is 13.2 Å². The van der Waals surface area contributed by atoms with Crippen LogP contribution in [-0.2, 0) is 4.74 Å². The van der Waals surface area contributed by atoms with Gasteiger partial charge in [-0.05, 0) is 6.92 Å². The average molecular weight is 281 g/mol. The number of ether oxygens (including phenoxy) is 1. The molecule has 3 heterocycles. The molecule has 0 spiro atoms. The van der Waals surface area contributed by atoms with Gasteiger partial charge in [0.2, 0.25) is 0 Å². The first-order valence-corrected chi connectivity index (χ1v) is 6.06. The topological polar surface area (TPSA) is 140 Å². The number of rotatable bonds is 2. The van der Waals surface area contributed by atoms with E-state index >= 15 is 0 Å². The minimum atomic E-state index is -1.57. The van der Waals surface area contributed by atoms with E-state index in [1.54, 1.807) is 0 Å². The number of anilines is 1. The van der Waals surface area contributed by atoms with Crippen molar-refractivity contribution in [2.75, 3.05) is 12.3 Å². The van der Waals surface area contributed by atoms with E-state index in [4.69, 9.17) is 10.5 Å². The van der Waals surface area contributed by atoms with Crippen LogP contribution < -0.4 is 5.73 Å². The predicted octanol–water partition coefficient (Wildman–Crippen LogP) is -1.59. The Hall–Kier alpha value is -1.81.